The number of hydrogen-bond acceptors (Lipinski definition) is 4. The normalized spacial score (nSPS) is 14.8. The first-order valence-electron chi connectivity index (χ1n) is 9.24. The van der Waals surface area contributed by atoms with Crippen LogP contribution in [-0.2, 0) is 13.9 Å². The minimum absolute atomic E-state index is 0.263. The number of thiophene rings is 1. The molecule has 1 heterocycles. The average molecular weight is 448 g/mol. The Balaban J connectivity index is 1.94. The highest BCUT2D eigenvalue weighted by Crippen LogP contribution is 2.58. The van der Waals surface area contributed by atoms with Crippen LogP contribution in [0, 0.1) is 6.92 Å². The molecule has 0 aliphatic rings. The maximum atomic E-state index is 13.3. The average Bonchev–Trinajstić information content (AvgIpc) is 3.04. The molecule has 0 aliphatic heterocycles. The van der Waals surface area contributed by atoms with E-state index >= 15 is 0 Å². The predicted octanol–water partition coefficient (Wildman–Crippen LogP) is 6.64. The molecule has 4 nitrogen and oxygen atoms in total. The van der Waals surface area contributed by atoms with E-state index < -0.39 is 13.0 Å². The van der Waals surface area contributed by atoms with Gasteiger partial charge in [-0.2, -0.15) is 0 Å². The molecule has 3 aromatic rings. The Morgan fingerprint density at radius 2 is 2.10 bits per heavy atom. The summed E-state index contributed by atoms with van der Waals surface area (Å²) in [5.74, 6) is -0.368. The van der Waals surface area contributed by atoms with Crippen LogP contribution in [0.2, 0.25) is 5.02 Å². The quantitative estimate of drug-likeness (QED) is 0.413. The Kier molecular flexibility index (Phi) is 6.97. The van der Waals surface area contributed by atoms with Gasteiger partial charge in [-0.25, -0.2) is 0 Å². The van der Waals surface area contributed by atoms with E-state index in [9.17, 15) is 9.36 Å². The van der Waals surface area contributed by atoms with Gasteiger partial charge >= 0.3 is 0 Å². The molecule has 1 N–H and O–H groups in total. The molecule has 7 heteroatoms. The van der Waals surface area contributed by atoms with Crippen LogP contribution in [0.1, 0.15) is 29.3 Å². The molecule has 0 bridgehead atoms. The largest absolute Gasteiger partial charge is 0.332 e. The van der Waals surface area contributed by atoms with Crippen molar-refractivity contribution in [2.75, 3.05) is 13.3 Å². The van der Waals surface area contributed by atoms with E-state index in [1.807, 2.05) is 48.7 Å². The number of nitrogens with one attached hydrogen (secondary N) is 1. The van der Waals surface area contributed by atoms with Crippen LogP contribution in [0.15, 0.2) is 54.0 Å². The monoisotopic (exact) mass is 447 g/mol. The number of carbonyl (C=O) groups excluding carboxylic acids is 1. The van der Waals surface area contributed by atoms with Crippen molar-refractivity contribution in [1.82, 2.24) is 5.32 Å². The molecule has 0 radical (unpaired) electrons. The smallest absolute Gasteiger partial charge is 0.241 e. The van der Waals surface area contributed by atoms with Crippen molar-refractivity contribution >= 4 is 52.4 Å². The van der Waals surface area contributed by atoms with Crippen LogP contribution in [0.4, 0.5) is 0 Å². The third-order valence-electron chi connectivity index (χ3n) is 4.51. The summed E-state index contributed by atoms with van der Waals surface area (Å²) in [6.45, 7) is 5.55. The van der Waals surface area contributed by atoms with E-state index in [1.54, 1.807) is 25.3 Å². The van der Waals surface area contributed by atoms with Crippen LogP contribution in [0.3, 0.4) is 0 Å². The van der Waals surface area contributed by atoms with Gasteiger partial charge in [0, 0.05) is 22.6 Å². The maximum Gasteiger partial charge on any atom is 0.241 e. The van der Waals surface area contributed by atoms with Gasteiger partial charge in [0.15, 0.2) is 0 Å². The molecule has 0 saturated heterocycles. The second-order valence-corrected chi connectivity index (χ2v) is 10.8. The third-order valence-corrected chi connectivity index (χ3v) is 7.94. The van der Waals surface area contributed by atoms with Gasteiger partial charge in [-0.05, 0) is 60.0 Å². The van der Waals surface area contributed by atoms with Gasteiger partial charge in [0.1, 0.15) is 5.66 Å². The van der Waals surface area contributed by atoms with Crippen LogP contribution < -0.4 is 5.32 Å². The summed E-state index contributed by atoms with van der Waals surface area (Å²) in [5, 5.41) is 6.04. The highest BCUT2D eigenvalue weighted by Gasteiger charge is 2.38. The Morgan fingerprint density at radius 1 is 1.31 bits per heavy atom. The molecular weight excluding hydrogens is 425 g/mol. The standard InChI is InChI=1S/C22H23ClNO3PS/c1-4-27-28(3,26)21(19-14-29-20-9-8-17(23)13-18(19)20)22(25)24-11-10-16-7-5-6-15(2)12-16/h5-14,21H,4H2,1-3H3,(H,24,25)/b11-10+. The van der Waals surface area contributed by atoms with Crippen molar-refractivity contribution in [3.63, 3.8) is 0 Å². The van der Waals surface area contributed by atoms with Gasteiger partial charge in [-0.15, -0.1) is 11.3 Å². The van der Waals surface area contributed by atoms with E-state index in [0.717, 1.165) is 21.2 Å². The molecule has 0 saturated carbocycles. The molecule has 1 aromatic heterocycles. The first-order chi connectivity index (χ1) is 13.8. The zero-order valence-electron chi connectivity index (χ0n) is 16.5. The molecule has 3 rings (SSSR count). The lowest BCUT2D eigenvalue weighted by Gasteiger charge is -2.22. The van der Waals surface area contributed by atoms with E-state index in [-0.39, 0.29) is 12.5 Å². The van der Waals surface area contributed by atoms with Crippen LogP contribution >= 0.6 is 30.3 Å². The van der Waals surface area contributed by atoms with Crippen molar-refractivity contribution in [1.29, 1.82) is 0 Å². The molecule has 152 valence electrons. The molecule has 0 fully saturated rings. The Bertz CT molecular complexity index is 1110. The van der Waals surface area contributed by atoms with Gasteiger partial charge < -0.3 is 9.84 Å². The second kappa shape index (κ2) is 9.27. The van der Waals surface area contributed by atoms with Crippen molar-refractivity contribution in [2.45, 2.75) is 19.5 Å². The molecular formula is C22H23ClNO3PS. The second-order valence-electron chi connectivity index (χ2n) is 6.82. The van der Waals surface area contributed by atoms with Crippen LogP contribution in [-0.4, -0.2) is 19.2 Å². The number of rotatable bonds is 7. The van der Waals surface area contributed by atoms with Crippen molar-refractivity contribution in [3.8, 4) is 0 Å². The van der Waals surface area contributed by atoms with Gasteiger partial charge in [-0.3, -0.25) is 9.36 Å². The van der Waals surface area contributed by atoms with Crippen LogP contribution in [0.25, 0.3) is 16.2 Å². The Labute approximate surface area is 180 Å². The molecule has 2 aromatic carbocycles. The lowest BCUT2D eigenvalue weighted by molar-refractivity contribution is -0.120. The maximum absolute atomic E-state index is 13.3. The number of carbonyl (C=O) groups is 1. The highest BCUT2D eigenvalue weighted by molar-refractivity contribution is 7.59. The first-order valence-corrected chi connectivity index (χ1v) is 12.6. The van der Waals surface area contributed by atoms with E-state index in [0.29, 0.717) is 10.6 Å². The summed E-state index contributed by atoms with van der Waals surface area (Å²) in [4.78, 5) is 13.1. The summed E-state index contributed by atoms with van der Waals surface area (Å²) in [7, 11) is -3.27. The molecule has 0 aliphatic carbocycles. The molecule has 29 heavy (non-hydrogen) atoms. The summed E-state index contributed by atoms with van der Waals surface area (Å²) >= 11 is 7.66. The fraction of sp³-hybridized carbons (Fsp3) is 0.227. The summed E-state index contributed by atoms with van der Waals surface area (Å²) in [6.07, 6.45) is 3.39. The number of aryl methyl sites for hydroxylation is 1. The SMILES string of the molecule is CCOP(C)(=O)C(C(=O)N/C=C/c1cccc(C)c1)c1csc2ccc(Cl)cc12. The number of amides is 1. The fourth-order valence-electron chi connectivity index (χ4n) is 3.24. The predicted molar refractivity (Wildman–Crippen MR) is 123 cm³/mol. The van der Waals surface area contributed by atoms with Gasteiger partial charge in [0.25, 0.3) is 0 Å². The molecule has 2 unspecified atom stereocenters. The lowest BCUT2D eigenvalue weighted by Crippen LogP contribution is -2.25. The number of benzene rings is 2. The number of fused-ring (bicyclic) bond motifs is 1. The van der Waals surface area contributed by atoms with Gasteiger partial charge in [0.05, 0.1) is 6.61 Å². The Hall–Kier alpha value is -1.91. The van der Waals surface area contributed by atoms with E-state index in [1.165, 1.54) is 18.0 Å². The zero-order chi connectivity index (χ0) is 21.0. The summed E-state index contributed by atoms with van der Waals surface area (Å²) in [6, 6.07) is 13.4. The van der Waals surface area contributed by atoms with Crippen LogP contribution in [0.5, 0.6) is 0 Å². The van der Waals surface area contributed by atoms with E-state index in [4.69, 9.17) is 16.1 Å². The minimum atomic E-state index is -3.27. The lowest BCUT2D eigenvalue weighted by atomic mass is 10.1. The molecule has 0 spiro atoms. The number of halogens is 1. The molecule has 2 atom stereocenters. The summed E-state index contributed by atoms with van der Waals surface area (Å²) < 4.78 is 19.8. The first kappa shape index (κ1) is 21.8. The zero-order valence-corrected chi connectivity index (χ0v) is 19.0. The topological polar surface area (TPSA) is 55.4 Å². The fourth-order valence-corrected chi connectivity index (χ4v) is 6.36. The van der Waals surface area contributed by atoms with Gasteiger partial charge in [-0.1, -0.05) is 41.4 Å². The third kappa shape index (κ3) is 5.18. The number of hydrogen-bond donors (Lipinski definition) is 1. The molecule has 1 amide bonds. The van der Waals surface area contributed by atoms with Crippen molar-refractivity contribution in [2.24, 2.45) is 0 Å². The highest BCUT2D eigenvalue weighted by atomic mass is 35.5. The van der Waals surface area contributed by atoms with Crippen molar-refractivity contribution in [3.05, 3.63) is 75.8 Å². The van der Waals surface area contributed by atoms with Gasteiger partial charge in [0.2, 0.25) is 13.3 Å². The summed E-state index contributed by atoms with van der Waals surface area (Å²) in [5.41, 5.74) is 1.86. The van der Waals surface area contributed by atoms with E-state index in [2.05, 4.69) is 5.32 Å². The minimum Gasteiger partial charge on any atom is -0.332 e. The Morgan fingerprint density at radius 3 is 2.83 bits per heavy atom. The van der Waals surface area contributed by atoms with Crippen molar-refractivity contribution < 1.29 is 13.9 Å².